The molecule has 0 saturated carbocycles. The molecule has 0 fully saturated rings. The van der Waals surface area contributed by atoms with Crippen LogP contribution < -0.4 is 0 Å². The zero-order chi connectivity index (χ0) is 5.40. The van der Waals surface area contributed by atoms with E-state index in [-0.39, 0.29) is 0 Å². The summed E-state index contributed by atoms with van der Waals surface area (Å²) < 4.78 is 5.23. The lowest BCUT2D eigenvalue weighted by molar-refractivity contribution is 0.160. The van der Waals surface area contributed by atoms with Crippen molar-refractivity contribution in [3.05, 3.63) is 24.5 Å². The third-order valence-electron chi connectivity index (χ3n) is 1.71. The summed E-state index contributed by atoms with van der Waals surface area (Å²) in [6.07, 6.45) is 9.84. The van der Waals surface area contributed by atoms with E-state index >= 15 is 0 Å². The van der Waals surface area contributed by atoms with Crippen molar-refractivity contribution in [1.29, 1.82) is 0 Å². The Morgan fingerprint density at radius 3 is 3.25 bits per heavy atom. The summed E-state index contributed by atoms with van der Waals surface area (Å²) in [6.45, 7) is 0. The van der Waals surface area contributed by atoms with Crippen LogP contribution in [0.5, 0.6) is 0 Å². The molecule has 8 heavy (non-hydrogen) atoms. The van der Waals surface area contributed by atoms with Gasteiger partial charge in [0.25, 0.3) is 0 Å². The second-order valence-corrected chi connectivity index (χ2v) is 2.24. The predicted octanol–water partition coefficient (Wildman–Crippen LogP) is 1.47. The van der Waals surface area contributed by atoms with Crippen LogP contribution in [0.1, 0.15) is 6.42 Å². The molecule has 1 nitrogen and oxygen atoms in total. The Morgan fingerprint density at radius 2 is 2.38 bits per heavy atom. The van der Waals surface area contributed by atoms with Gasteiger partial charge in [-0.15, -0.1) is 0 Å². The van der Waals surface area contributed by atoms with Crippen molar-refractivity contribution >= 4 is 0 Å². The fraction of sp³-hybridized carbons (Fsp3) is 0.429. The molecule has 0 radical (unpaired) electrons. The summed E-state index contributed by atoms with van der Waals surface area (Å²) in [6, 6.07) is 0. The molecule has 2 rings (SSSR count). The lowest BCUT2D eigenvalue weighted by atomic mass is 10.1. The predicted molar refractivity (Wildman–Crippen MR) is 31.3 cm³/mol. The Balaban J connectivity index is 2.22. The van der Waals surface area contributed by atoms with Crippen molar-refractivity contribution in [2.24, 2.45) is 5.92 Å². The highest BCUT2D eigenvalue weighted by Crippen LogP contribution is 2.27. The molecule has 1 heteroatoms. The second-order valence-electron chi connectivity index (χ2n) is 2.24. The fourth-order valence-corrected chi connectivity index (χ4v) is 1.22. The number of hydrogen-bond acceptors (Lipinski definition) is 1. The zero-order valence-corrected chi connectivity index (χ0v) is 4.58. The van der Waals surface area contributed by atoms with Crippen LogP contribution in [0.15, 0.2) is 24.5 Å². The molecule has 2 unspecified atom stereocenters. The van der Waals surface area contributed by atoms with Gasteiger partial charge in [-0.25, -0.2) is 0 Å². The van der Waals surface area contributed by atoms with Gasteiger partial charge in [0, 0.05) is 12.3 Å². The second kappa shape index (κ2) is 1.38. The molecular formula is C7H8O. The van der Waals surface area contributed by atoms with Crippen LogP contribution in [-0.2, 0) is 4.74 Å². The summed E-state index contributed by atoms with van der Waals surface area (Å²) >= 11 is 0. The van der Waals surface area contributed by atoms with E-state index in [2.05, 4.69) is 18.2 Å². The van der Waals surface area contributed by atoms with Crippen molar-refractivity contribution < 1.29 is 4.74 Å². The highest BCUT2D eigenvalue weighted by molar-refractivity contribution is 5.13. The largest absolute Gasteiger partial charge is 0.497 e. The normalized spacial score (nSPS) is 40.0. The summed E-state index contributed by atoms with van der Waals surface area (Å²) in [4.78, 5) is 0. The molecule has 1 aliphatic carbocycles. The highest BCUT2D eigenvalue weighted by Gasteiger charge is 2.24. The number of ether oxygens (including phenoxy) is 1. The van der Waals surface area contributed by atoms with E-state index in [1.54, 1.807) is 6.26 Å². The molecule has 0 N–H and O–H groups in total. The summed E-state index contributed by atoms with van der Waals surface area (Å²) in [5, 5.41) is 0. The van der Waals surface area contributed by atoms with Crippen molar-refractivity contribution in [3.8, 4) is 0 Å². The maximum atomic E-state index is 5.23. The Morgan fingerprint density at radius 1 is 1.38 bits per heavy atom. The third-order valence-corrected chi connectivity index (χ3v) is 1.71. The minimum atomic E-state index is 0.454. The van der Waals surface area contributed by atoms with Gasteiger partial charge >= 0.3 is 0 Å². The molecule has 0 bridgehead atoms. The first-order valence-corrected chi connectivity index (χ1v) is 2.95. The van der Waals surface area contributed by atoms with Crippen molar-refractivity contribution in [3.63, 3.8) is 0 Å². The molecule has 0 spiro atoms. The van der Waals surface area contributed by atoms with Gasteiger partial charge < -0.3 is 4.74 Å². The SMILES string of the molecule is C1=CC2C=COC2C1. The Bertz CT molecular complexity index is 130. The van der Waals surface area contributed by atoms with E-state index in [1.165, 1.54) is 0 Å². The van der Waals surface area contributed by atoms with Crippen LogP contribution in [-0.4, -0.2) is 6.10 Å². The Labute approximate surface area is 48.7 Å². The average Bonchev–Trinajstić information content (AvgIpc) is 2.15. The van der Waals surface area contributed by atoms with E-state index in [4.69, 9.17) is 4.74 Å². The van der Waals surface area contributed by atoms with E-state index in [9.17, 15) is 0 Å². The van der Waals surface area contributed by atoms with Gasteiger partial charge in [-0.05, 0) is 6.08 Å². The van der Waals surface area contributed by atoms with E-state index in [1.807, 2.05) is 0 Å². The van der Waals surface area contributed by atoms with Crippen LogP contribution in [0.4, 0.5) is 0 Å². The molecule has 0 amide bonds. The maximum Gasteiger partial charge on any atom is 0.111 e. The number of fused-ring (bicyclic) bond motifs is 1. The van der Waals surface area contributed by atoms with Crippen LogP contribution in [0.3, 0.4) is 0 Å². The zero-order valence-electron chi connectivity index (χ0n) is 4.58. The lowest BCUT2D eigenvalue weighted by Crippen LogP contribution is -2.07. The van der Waals surface area contributed by atoms with Gasteiger partial charge in [0.15, 0.2) is 0 Å². The topological polar surface area (TPSA) is 9.23 Å². The van der Waals surface area contributed by atoms with E-state index in [0.29, 0.717) is 12.0 Å². The van der Waals surface area contributed by atoms with E-state index in [0.717, 1.165) is 6.42 Å². The van der Waals surface area contributed by atoms with Gasteiger partial charge in [0.05, 0.1) is 6.26 Å². The maximum absolute atomic E-state index is 5.23. The van der Waals surface area contributed by atoms with Gasteiger partial charge in [-0.2, -0.15) is 0 Å². The number of rotatable bonds is 0. The molecule has 0 aromatic carbocycles. The van der Waals surface area contributed by atoms with Crippen molar-refractivity contribution in [2.75, 3.05) is 0 Å². The molecule has 42 valence electrons. The van der Waals surface area contributed by atoms with Crippen LogP contribution in [0, 0.1) is 5.92 Å². The molecular weight excluding hydrogens is 100 g/mol. The number of hydrogen-bond donors (Lipinski definition) is 0. The molecule has 2 aliphatic rings. The standard InChI is InChI=1S/C7H8O/c1-2-6-4-5-8-7(6)3-1/h1-2,4-7H,3H2. The molecule has 0 aromatic heterocycles. The monoisotopic (exact) mass is 108 g/mol. The molecule has 0 aromatic rings. The van der Waals surface area contributed by atoms with Gasteiger partial charge in [-0.1, -0.05) is 12.2 Å². The average molecular weight is 108 g/mol. The first-order valence-electron chi connectivity index (χ1n) is 2.95. The fourth-order valence-electron chi connectivity index (χ4n) is 1.22. The van der Waals surface area contributed by atoms with Crippen LogP contribution >= 0.6 is 0 Å². The quantitative estimate of drug-likeness (QED) is 0.427. The lowest BCUT2D eigenvalue weighted by Gasteiger charge is -2.06. The Hall–Kier alpha value is -0.720. The summed E-state index contributed by atoms with van der Waals surface area (Å²) in [7, 11) is 0. The molecule has 1 heterocycles. The highest BCUT2D eigenvalue weighted by atomic mass is 16.5. The van der Waals surface area contributed by atoms with Gasteiger partial charge in [0.1, 0.15) is 6.10 Å². The molecule has 0 saturated heterocycles. The van der Waals surface area contributed by atoms with Gasteiger partial charge in [0.2, 0.25) is 0 Å². The smallest absolute Gasteiger partial charge is 0.111 e. The molecule has 2 atom stereocenters. The van der Waals surface area contributed by atoms with Crippen LogP contribution in [0.25, 0.3) is 0 Å². The molecule has 1 aliphatic heterocycles. The third kappa shape index (κ3) is 0.414. The van der Waals surface area contributed by atoms with E-state index < -0.39 is 0 Å². The first kappa shape index (κ1) is 4.19. The van der Waals surface area contributed by atoms with Crippen molar-refractivity contribution in [2.45, 2.75) is 12.5 Å². The van der Waals surface area contributed by atoms with Crippen LogP contribution in [0.2, 0.25) is 0 Å². The van der Waals surface area contributed by atoms with Gasteiger partial charge in [-0.3, -0.25) is 0 Å². The van der Waals surface area contributed by atoms with Crippen molar-refractivity contribution in [1.82, 2.24) is 0 Å². The minimum Gasteiger partial charge on any atom is -0.497 e. The first-order chi connectivity index (χ1) is 3.97. The minimum absolute atomic E-state index is 0.454. The Kier molecular flexibility index (Phi) is 0.720. The summed E-state index contributed by atoms with van der Waals surface area (Å²) in [5.41, 5.74) is 0. The summed E-state index contributed by atoms with van der Waals surface area (Å²) in [5.74, 6) is 0.593.